The number of benzene rings is 2. The number of anilines is 1. The molecule has 0 saturated carbocycles. The van der Waals surface area contributed by atoms with Crippen molar-refractivity contribution in [2.24, 2.45) is 0 Å². The third-order valence-corrected chi connectivity index (χ3v) is 2.82. The lowest BCUT2D eigenvalue weighted by Gasteiger charge is -2.13. The molecule has 0 saturated heterocycles. The maximum Gasteiger partial charge on any atom is 0.269 e. The molecule has 1 amide bonds. The summed E-state index contributed by atoms with van der Waals surface area (Å²) in [5.41, 5.74) is 9.47. The van der Waals surface area contributed by atoms with Crippen molar-refractivity contribution in [2.75, 3.05) is 5.43 Å². The zero-order chi connectivity index (χ0) is 13.0. The Balaban J connectivity index is 2.07. The molecule has 2 aromatic carbocycles. The number of nitrogens with one attached hydrogen (secondary N) is 2. The topological polar surface area (TPSA) is 41.1 Å². The van der Waals surface area contributed by atoms with E-state index in [2.05, 4.69) is 10.9 Å². The van der Waals surface area contributed by atoms with Gasteiger partial charge in [0.2, 0.25) is 0 Å². The van der Waals surface area contributed by atoms with Crippen LogP contribution < -0.4 is 10.9 Å². The lowest BCUT2D eigenvalue weighted by molar-refractivity contribution is 0.0962. The lowest BCUT2D eigenvalue weighted by Crippen LogP contribution is -2.30. The normalized spacial score (nSPS) is 9.89. The highest BCUT2D eigenvalue weighted by Crippen LogP contribution is 2.18. The first-order valence-electron chi connectivity index (χ1n) is 5.86. The third kappa shape index (κ3) is 2.69. The van der Waals surface area contributed by atoms with Crippen LogP contribution in [0.5, 0.6) is 0 Å². The van der Waals surface area contributed by atoms with Gasteiger partial charge in [0.15, 0.2) is 0 Å². The van der Waals surface area contributed by atoms with Crippen LogP contribution in [0.1, 0.15) is 21.5 Å². The van der Waals surface area contributed by atoms with Crippen molar-refractivity contribution >= 4 is 11.6 Å². The lowest BCUT2D eigenvalue weighted by atomic mass is 10.1. The Hall–Kier alpha value is -2.29. The van der Waals surface area contributed by atoms with Gasteiger partial charge in [-0.2, -0.15) is 0 Å². The van der Waals surface area contributed by atoms with Gasteiger partial charge in [-0.05, 0) is 37.1 Å². The van der Waals surface area contributed by atoms with Crippen LogP contribution >= 0.6 is 0 Å². The largest absolute Gasteiger partial charge is 0.298 e. The molecule has 0 fully saturated rings. The molecule has 0 aliphatic carbocycles. The van der Waals surface area contributed by atoms with Gasteiger partial charge in [0.05, 0.1) is 5.69 Å². The minimum Gasteiger partial charge on any atom is -0.298 e. The molecular weight excluding hydrogens is 224 g/mol. The summed E-state index contributed by atoms with van der Waals surface area (Å²) in [6.45, 7) is 4.01. The Morgan fingerprint density at radius 1 is 0.889 bits per heavy atom. The van der Waals surface area contributed by atoms with Gasteiger partial charge in [-0.25, -0.2) is 0 Å². The monoisotopic (exact) mass is 240 g/mol. The Kier molecular flexibility index (Phi) is 3.63. The summed E-state index contributed by atoms with van der Waals surface area (Å²) >= 11 is 0. The minimum absolute atomic E-state index is 0.141. The molecule has 0 aliphatic rings. The molecule has 0 atom stereocenters. The van der Waals surface area contributed by atoms with Crippen molar-refractivity contribution in [3.63, 3.8) is 0 Å². The summed E-state index contributed by atoms with van der Waals surface area (Å²) < 4.78 is 0. The van der Waals surface area contributed by atoms with Crippen LogP contribution in [0.15, 0.2) is 48.5 Å². The first-order valence-corrected chi connectivity index (χ1v) is 5.86. The zero-order valence-electron chi connectivity index (χ0n) is 10.5. The van der Waals surface area contributed by atoms with Gasteiger partial charge in [0.1, 0.15) is 0 Å². The van der Waals surface area contributed by atoms with Gasteiger partial charge in [0, 0.05) is 5.56 Å². The molecule has 3 nitrogen and oxygen atoms in total. The van der Waals surface area contributed by atoms with E-state index in [0.29, 0.717) is 5.56 Å². The number of aryl methyl sites for hydroxylation is 2. The summed E-state index contributed by atoms with van der Waals surface area (Å²) in [6.07, 6.45) is 0. The first kappa shape index (κ1) is 12.2. The summed E-state index contributed by atoms with van der Waals surface area (Å²) in [5, 5.41) is 0. The van der Waals surface area contributed by atoms with Crippen LogP contribution in [-0.4, -0.2) is 5.91 Å². The van der Waals surface area contributed by atoms with E-state index in [9.17, 15) is 4.79 Å². The van der Waals surface area contributed by atoms with Crippen molar-refractivity contribution in [1.82, 2.24) is 5.43 Å². The SMILES string of the molecule is Cc1cccc(C)c1NNC(=O)c1ccccc1. The van der Waals surface area contributed by atoms with Gasteiger partial charge >= 0.3 is 0 Å². The Morgan fingerprint density at radius 2 is 1.50 bits per heavy atom. The van der Waals surface area contributed by atoms with Crippen LogP contribution in [0.3, 0.4) is 0 Å². The second-order valence-electron chi connectivity index (χ2n) is 4.21. The van der Waals surface area contributed by atoms with Crippen molar-refractivity contribution < 1.29 is 4.79 Å². The Bertz CT molecular complexity index is 529. The Morgan fingerprint density at radius 3 is 2.11 bits per heavy atom. The molecule has 0 aromatic heterocycles. The number of hydrogen-bond acceptors (Lipinski definition) is 2. The van der Waals surface area contributed by atoms with Crippen molar-refractivity contribution in [3.8, 4) is 0 Å². The van der Waals surface area contributed by atoms with E-state index < -0.39 is 0 Å². The number of hydrogen-bond donors (Lipinski definition) is 2. The fourth-order valence-electron chi connectivity index (χ4n) is 1.79. The first-order chi connectivity index (χ1) is 8.68. The van der Waals surface area contributed by atoms with Gasteiger partial charge < -0.3 is 0 Å². The molecule has 0 bridgehead atoms. The summed E-state index contributed by atoms with van der Waals surface area (Å²) in [4.78, 5) is 11.9. The van der Waals surface area contributed by atoms with E-state index in [1.807, 2.05) is 50.2 Å². The molecule has 0 unspecified atom stereocenters. The van der Waals surface area contributed by atoms with Crippen LogP contribution in [-0.2, 0) is 0 Å². The average molecular weight is 240 g/mol. The molecule has 2 aromatic rings. The van der Waals surface area contributed by atoms with E-state index in [0.717, 1.165) is 16.8 Å². The molecule has 18 heavy (non-hydrogen) atoms. The highest BCUT2D eigenvalue weighted by Gasteiger charge is 2.05. The van der Waals surface area contributed by atoms with Crippen LogP contribution in [0.25, 0.3) is 0 Å². The number of carbonyl (C=O) groups excluding carboxylic acids is 1. The van der Waals surface area contributed by atoms with Gasteiger partial charge in [-0.3, -0.25) is 15.6 Å². The Labute approximate surface area is 107 Å². The van der Waals surface area contributed by atoms with Gasteiger partial charge in [0.25, 0.3) is 5.91 Å². The quantitative estimate of drug-likeness (QED) is 0.809. The highest BCUT2D eigenvalue weighted by molar-refractivity contribution is 5.94. The van der Waals surface area contributed by atoms with E-state index in [-0.39, 0.29) is 5.91 Å². The number of hydrazine groups is 1. The van der Waals surface area contributed by atoms with E-state index >= 15 is 0 Å². The van der Waals surface area contributed by atoms with Crippen molar-refractivity contribution in [1.29, 1.82) is 0 Å². The minimum atomic E-state index is -0.141. The standard InChI is InChI=1S/C15H16N2O/c1-11-7-6-8-12(2)14(11)16-17-15(18)13-9-4-3-5-10-13/h3-10,16H,1-2H3,(H,17,18). The molecule has 3 heteroatoms. The van der Waals surface area contributed by atoms with E-state index in [4.69, 9.17) is 0 Å². The fourth-order valence-corrected chi connectivity index (χ4v) is 1.79. The maximum absolute atomic E-state index is 11.9. The predicted octanol–water partition coefficient (Wildman–Crippen LogP) is 3.06. The second kappa shape index (κ2) is 5.36. The number of carbonyl (C=O) groups is 1. The molecule has 0 heterocycles. The molecule has 92 valence electrons. The molecular formula is C15H16N2O. The second-order valence-corrected chi connectivity index (χ2v) is 4.21. The zero-order valence-corrected chi connectivity index (χ0v) is 10.5. The predicted molar refractivity (Wildman–Crippen MR) is 73.4 cm³/mol. The summed E-state index contributed by atoms with van der Waals surface area (Å²) in [5.74, 6) is -0.141. The third-order valence-electron chi connectivity index (χ3n) is 2.82. The molecule has 0 spiro atoms. The number of para-hydroxylation sites is 1. The smallest absolute Gasteiger partial charge is 0.269 e. The van der Waals surface area contributed by atoms with Crippen molar-refractivity contribution in [2.45, 2.75) is 13.8 Å². The van der Waals surface area contributed by atoms with E-state index in [1.165, 1.54) is 0 Å². The van der Waals surface area contributed by atoms with Gasteiger partial charge in [-0.1, -0.05) is 36.4 Å². The van der Waals surface area contributed by atoms with E-state index in [1.54, 1.807) is 12.1 Å². The van der Waals surface area contributed by atoms with Crippen molar-refractivity contribution in [3.05, 3.63) is 65.2 Å². The molecule has 0 aliphatic heterocycles. The molecule has 0 radical (unpaired) electrons. The fraction of sp³-hybridized carbons (Fsp3) is 0.133. The number of rotatable bonds is 3. The van der Waals surface area contributed by atoms with Gasteiger partial charge in [-0.15, -0.1) is 0 Å². The molecule has 2 N–H and O–H groups in total. The van der Waals surface area contributed by atoms with Crippen LogP contribution in [0.4, 0.5) is 5.69 Å². The molecule has 2 rings (SSSR count). The number of amides is 1. The summed E-state index contributed by atoms with van der Waals surface area (Å²) in [6, 6.07) is 15.1. The maximum atomic E-state index is 11.9. The van der Waals surface area contributed by atoms with Crippen LogP contribution in [0.2, 0.25) is 0 Å². The average Bonchev–Trinajstić information content (AvgIpc) is 2.39. The summed E-state index contributed by atoms with van der Waals surface area (Å²) in [7, 11) is 0. The van der Waals surface area contributed by atoms with Crippen LogP contribution in [0, 0.1) is 13.8 Å². The highest BCUT2D eigenvalue weighted by atomic mass is 16.2.